The lowest BCUT2D eigenvalue weighted by Crippen LogP contribution is -2.39. The third-order valence-corrected chi connectivity index (χ3v) is 4.67. The highest BCUT2D eigenvalue weighted by atomic mass is 16.5. The molecule has 0 spiro atoms. The van der Waals surface area contributed by atoms with Crippen LogP contribution < -0.4 is 15.4 Å². The second kappa shape index (κ2) is 12.6. The van der Waals surface area contributed by atoms with Gasteiger partial charge in [-0.2, -0.15) is 0 Å². The number of hydrogen-bond donors (Lipinski definition) is 2. The Morgan fingerprint density at radius 2 is 1.89 bits per heavy atom. The summed E-state index contributed by atoms with van der Waals surface area (Å²) in [5, 5.41) is 6.85. The minimum absolute atomic E-state index is 0.177. The number of aliphatic imine (C=N–C) groups is 1. The standard InChI is InChI=1S/C22H38N4O2/c1-5-23-22(24-11-6-12-26-13-15-27-16-14-26)25-19(4)20-7-9-21(10-8-20)28-17-18(2)3/h7-10,18-19H,5-6,11-17H2,1-4H3,(H2,23,24,25). The number of rotatable bonds is 10. The Hall–Kier alpha value is -1.79. The number of morpholine rings is 1. The van der Waals surface area contributed by atoms with Gasteiger partial charge >= 0.3 is 0 Å². The lowest BCUT2D eigenvalue weighted by molar-refractivity contribution is 0.0377. The van der Waals surface area contributed by atoms with Crippen molar-refractivity contribution in [2.24, 2.45) is 10.9 Å². The average Bonchev–Trinajstić information content (AvgIpc) is 2.71. The van der Waals surface area contributed by atoms with Gasteiger partial charge in [0.25, 0.3) is 0 Å². The van der Waals surface area contributed by atoms with E-state index in [0.717, 1.165) is 70.7 Å². The smallest absolute Gasteiger partial charge is 0.191 e. The fourth-order valence-corrected chi connectivity index (χ4v) is 3.03. The van der Waals surface area contributed by atoms with Crippen molar-refractivity contribution in [1.29, 1.82) is 0 Å². The van der Waals surface area contributed by atoms with E-state index >= 15 is 0 Å². The van der Waals surface area contributed by atoms with Gasteiger partial charge in [-0.25, -0.2) is 0 Å². The molecule has 6 heteroatoms. The summed E-state index contributed by atoms with van der Waals surface area (Å²) in [4.78, 5) is 7.19. The Bertz CT molecular complexity index is 568. The van der Waals surface area contributed by atoms with Crippen LogP contribution in [0.25, 0.3) is 0 Å². The van der Waals surface area contributed by atoms with Crippen molar-refractivity contribution in [3.8, 4) is 5.75 Å². The molecule has 1 heterocycles. The Morgan fingerprint density at radius 3 is 2.54 bits per heavy atom. The molecule has 2 rings (SSSR count). The monoisotopic (exact) mass is 390 g/mol. The van der Waals surface area contributed by atoms with Gasteiger partial charge in [-0.15, -0.1) is 0 Å². The predicted octanol–water partition coefficient (Wildman–Crippen LogP) is 3.06. The number of guanidine groups is 1. The molecular formula is C22H38N4O2. The summed E-state index contributed by atoms with van der Waals surface area (Å²) in [5.74, 6) is 2.33. The molecule has 1 aromatic rings. The van der Waals surface area contributed by atoms with E-state index in [0.29, 0.717) is 5.92 Å². The summed E-state index contributed by atoms with van der Waals surface area (Å²) in [6.07, 6.45) is 1.06. The van der Waals surface area contributed by atoms with Crippen LogP contribution in [0.15, 0.2) is 29.3 Å². The van der Waals surface area contributed by atoms with Crippen molar-refractivity contribution in [2.45, 2.75) is 40.2 Å². The van der Waals surface area contributed by atoms with Crippen LogP contribution in [0.1, 0.15) is 45.7 Å². The molecule has 28 heavy (non-hydrogen) atoms. The summed E-state index contributed by atoms with van der Waals surface area (Å²) in [7, 11) is 0. The maximum absolute atomic E-state index is 5.77. The molecule has 2 N–H and O–H groups in total. The van der Waals surface area contributed by atoms with Gasteiger partial charge in [-0.05, 0) is 43.9 Å². The van der Waals surface area contributed by atoms with E-state index in [9.17, 15) is 0 Å². The van der Waals surface area contributed by atoms with Crippen molar-refractivity contribution in [3.05, 3.63) is 29.8 Å². The summed E-state index contributed by atoms with van der Waals surface area (Å²) in [5.41, 5.74) is 1.22. The van der Waals surface area contributed by atoms with Gasteiger partial charge in [0.15, 0.2) is 5.96 Å². The molecule has 1 atom stereocenters. The quantitative estimate of drug-likeness (QED) is 0.365. The molecule has 158 valence electrons. The van der Waals surface area contributed by atoms with E-state index in [2.05, 4.69) is 55.4 Å². The number of hydrogen-bond acceptors (Lipinski definition) is 4. The van der Waals surface area contributed by atoms with E-state index in [-0.39, 0.29) is 6.04 Å². The van der Waals surface area contributed by atoms with Gasteiger partial charge in [0.1, 0.15) is 5.75 Å². The lowest BCUT2D eigenvalue weighted by atomic mass is 10.1. The van der Waals surface area contributed by atoms with E-state index in [1.807, 2.05) is 12.1 Å². The number of ether oxygens (including phenoxy) is 2. The van der Waals surface area contributed by atoms with Gasteiger partial charge in [0.05, 0.1) is 25.9 Å². The summed E-state index contributed by atoms with van der Waals surface area (Å²) in [6.45, 7) is 15.8. The van der Waals surface area contributed by atoms with E-state index in [1.165, 1.54) is 5.56 Å². The minimum atomic E-state index is 0.177. The zero-order chi connectivity index (χ0) is 20.2. The maximum atomic E-state index is 5.77. The fraction of sp³-hybridized carbons (Fsp3) is 0.682. The fourth-order valence-electron chi connectivity index (χ4n) is 3.03. The molecule has 1 aromatic carbocycles. The second-order valence-corrected chi connectivity index (χ2v) is 7.71. The molecule has 1 aliphatic rings. The van der Waals surface area contributed by atoms with Crippen molar-refractivity contribution >= 4 is 5.96 Å². The zero-order valence-corrected chi connectivity index (χ0v) is 18.0. The van der Waals surface area contributed by atoms with Crippen LogP contribution in [0.3, 0.4) is 0 Å². The van der Waals surface area contributed by atoms with Gasteiger partial charge in [-0.1, -0.05) is 26.0 Å². The average molecular weight is 391 g/mol. The van der Waals surface area contributed by atoms with Crippen LogP contribution >= 0.6 is 0 Å². The molecule has 1 fully saturated rings. The molecule has 0 aliphatic carbocycles. The Morgan fingerprint density at radius 1 is 1.18 bits per heavy atom. The van der Waals surface area contributed by atoms with E-state index in [4.69, 9.17) is 14.5 Å². The topological polar surface area (TPSA) is 58.1 Å². The Kier molecular flexibility index (Phi) is 10.1. The highest BCUT2D eigenvalue weighted by Crippen LogP contribution is 2.18. The first-order valence-electron chi connectivity index (χ1n) is 10.7. The molecule has 0 amide bonds. The molecule has 0 radical (unpaired) electrons. The minimum Gasteiger partial charge on any atom is -0.493 e. The molecule has 6 nitrogen and oxygen atoms in total. The highest BCUT2D eigenvalue weighted by molar-refractivity contribution is 5.80. The number of nitrogens with one attached hydrogen (secondary N) is 2. The summed E-state index contributed by atoms with van der Waals surface area (Å²) < 4.78 is 11.2. The largest absolute Gasteiger partial charge is 0.493 e. The molecule has 0 saturated carbocycles. The van der Waals surface area contributed by atoms with Gasteiger partial charge in [0.2, 0.25) is 0 Å². The molecular weight excluding hydrogens is 352 g/mol. The van der Waals surface area contributed by atoms with Gasteiger partial charge in [-0.3, -0.25) is 9.89 Å². The van der Waals surface area contributed by atoms with Crippen molar-refractivity contribution < 1.29 is 9.47 Å². The summed E-state index contributed by atoms with van der Waals surface area (Å²) >= 11 is 0. The first-order valence-corrected chi connectivity index (χ1v) is 10.7. The van der Waals surface area contributed by atoms with Crippen LogP contribution in [0, 0.1) is 5.92 Å². The van der Waals surface area contributed by atoms with Gasteiger partial charge < -0.3 is 20.1 Å². The first-order chi connectivity index (χ1) is 13.6. The molecule has 1 saturated heterocycles. The number of benzene rings is 1. The molecule has 0 aromatic heterocycles. The first kappa shape index (κ1) is 22.5. The molecule has 0 bridgehead atoms. The maximum Gasteiger partial charge on any atom is 0.191 e. The van der Waals surface area contributed by atoms with Crippen LogP contribution in [-0.2, 0) is 4.74 Å². The SMILES string of the molecule is CCNC(=NCCCN1CCOCC1)NC(C)c1ccc(OCC(C)C)cc1. The predicted molar refractivity (Wildman–Crippen MR) is 116 cm³/mol. The van der Waals surface area contributed by atoms with Crippen LogP contribution in [0.2, 0.25) is 0 Å². The van der Waals surface area contributed by atoms with Crippen LogP contribution in [0.4, 0.5) is 0 Å². The Labute approximate surface area is 170 Å². The highest BCUT2D eigenvalue weighted by Gasteiger charge is 2.10. The van der Waals surface area contributed by atoms with Crippen molar-refractivity contribution in [2.75, 3.05) is 52.5 Å². The van der Waals surface area contributed by atoms with Crippen LogP contribution in [0.5, 0.6) is 5.75 Å². The third-order valence-electron chi connectivity index (χ3n) is 4.67. The zero-order valence-electron chi connectivity index (χ0n) is 18.0. The van der Waals surface area contributed by atoms with E-state index < -0.39 is 0 Å². The second-order valence-electron chi connectivity index (χ2n) is 7.71. The van der Waals surface area contributed by atoms with Gasteiger partial charge in [0, 0.05) is 32.7 Å². The normalized spacial score (nSPS) is 16.8. The third kappa shape index (κ3) is 8.48. The lowest BCUT2D eigenvalue weighted by Gasteiger charge is -2.26. The Balaban J connectivity index is 1.80. The summed E-state index contributed by atoms with van der Waals surface area (Å²) in [6, 6.07) is 8.51. The van der Waals surface area contributed by atoms with Crippen molar-refractivity contribution in [1.82, 2.24) is 15.5 Å². The number of nitrogens with zero attached hydrogens (tertiary/aromatic N) is 2. The molecule has 1 unspecified atom stereocenters. The van der Waals surface area contributed by atoms with Crippen molar-refractivity contribution in [3.63, 3.8) is 0 Å². The molecule has 1 aliphatic heterocycles. The van der Waals surface area contributed by atoms with Crippen LogP contribution in [-0.4, -0.2) is 63.4 Å². The van der Waals surface area contributed by atoms with E-state index in [1.54, 1.807) is 0 Å².